The molecule has 2 aliphatic rings. The van der Waals surface area contributed by atoms with Gasteiger partial charge in [0, 0.05) is 5.70 Å². The summed E-state index contributed by atoms with van der Waals surface area (Å²) in [7, 11) is 0. The van der Waals surface area contributed by atoms with E-state index in [0.717, 1.165) is 0 Å². The number of hydrogen-bond acceptors (Lipinski definition) is 7. The molecule has 9 nitrogen and oxygen atoms in total. The van der Waals surface area contributed by atoms with Crippen molar-refractivity contribution in [3.05, 3.63) is 35.0 Å². The zero-order valence-corrected chi connectivity index (χ0v) is 15.2. The van der Waals surface area contributed by atoms with Crippen LogP contribution in [-0.2, 0) is 19.1 Å². The van der Waals surface area contributed by atoms with Crippen LogP contribution in [0.2, 0.25) is 0 Å². The average Bonchev–Trinajstić information content (AvgIpc) is 3.08. The van der Waals surface area contributed by atoms with Crippen LogP contribution < -0.4 is 20.1 Å². The molecule has 27 heavy (non-hydrogen) atoms. The number of amides is 2. The van der Waals surface area contributed by atoms with Crippen LogP contribution in [0.4, 0.5) is 4.79 Å². The number of nitrogens with one attached hydrogen (secondary N) is 2. The second kappa shape index (κ2) is 7.56. The Labute approximate surface area is 155 Å². The van der Waals surface area contributed by atoms with E-state index < -0.39 is 30.1 Å². The minimum absolute atomic E-state index is 0.109. The van der Waals surface area contributed by atoms with Crippen molar-refractivity contribution in [2.75, 3.05) is 13.4 Å². The van der Waals surface area contributed by atoms with Gasteiger partial charge < -0.3 is 29.6 Å². The lowest BCUT2D eigenvalue weighted by Gasteiger charge is -2.28. The monoisotopic (exact) mass is 376 g/mol. The quantitative estimate of drug-likeness (QED) is 0.750. The summed E-state index contributed by atoms with van der Waals surface area (Å²) in [5.41, 5.74) is 1.14. The fraction of sp³-hybridized carbons (Fsp3) is 0.389. The molecule has 1 aromatic carbocycles. The molecule has 2 atom stereocenters. The van der Waals surface area contributed by atoms with Crippen LogP contribution in [0.15, 0.2) is 29.5 Å². The van der Waals surface area contributed by atoms with E-state index >= 15 is 0 Å². The van der Waals surface area contributed by atoms with Crippen molar-refractivity contribution < 1.29 is 33.3 Å². The third-order valence-electron chi connectivity index (χ3n) is 4.12. The molecule has 1 aromatic rings. The van der Waals surface area contributed by atoms with Crippen LogP contribution in [0.1, 0.15) is 32.4 Å². The van der Waals surface area contributed by atoms with E-state index in [1.165, 1.54) is 6.92 Å². The van der Waals surface area contributed by atoms with Gasteiger partial charge >= 0.3 is 18.0 Å². The van der Waals surface area contributed by atoms with Crippen molar-refractivity contribution in [3.63, 3.8) is 0 Å². The Morgan fingerprint density at radius 3 is 2.78 bits per heavy atom. The first kappa shape index (κ1) is 18.6. The van der Waals surface area contributed by atoms with Crippen LogP contribution in [-0.4, -0.2) is 37.5 Å². The maximum Gasteiger partial charge on any atom is 0.347 e. The molecule has 2 aliphatic heterocycles. The molecule has 2 heterocycles. The largest absolute Gasteiger partial charge is 0.463 e. The number of allylic oxidation sites excluding steroid dienone is 1. The third kappa shape index (κ3) is 3.81. The molecule has 144 valence electrons. The maximum absolute atomic E-state index is 12.7. The number of urea groups is 1. The average molecular weight is 376 g/mol. The normalized spacial score (nSPS) is 19.1. The minimum Gasteiger partial charge on any atom is -0.463 e. The lowest BCUT2D eigenvalue weighted by Crippen LogP contribution is -2.45. The number of fused-ring (bicyclic) bond motifs is 1. The predicted molar refractivity (Wildman–Crippen MR) is 91.9 cm³/mol. The Balaban J connectivity index is 1.88. The third-order valence-corrected chi connectivity index (χ3v) is 4.12. The van der Waals surface area contributed by atoms with Crippen LogP contribution in [0, 0.1) is 0 Å². The number of ether oxygens (including phenoxy) is 4. The minimum atomic E-state index is -1.08. The summed E-state index contributed by atoms with van der Waals surface area (Å²) < 4.78 is 20.7. The summed E-state index contributed by atoms with van der Waals surface area (Å²) in [5.74, 6) is -0.273. The number of hydrogen-bond donors (Lipinski definition) is 2. The molecular weight excluding hydrogens is 356 g/mol. The smallest absolute Gasteiger partial charge is 0.347 e. The Bertz CT molecular complexity index is 818. The second-order valence-corrected chi connectivity index (χ2v) is 5.98. The molecule has 3 rings (SSSR count). The van der Waals surface area contributed by atoms with Crippen molar-refractivity contribution in [1.82, 2.24) is 10.6 Å². The standard InChI is InChI=1S/C18H20N2O7/c1-4-24-16(21)10(3)27-17(22)14-9(2)19-18(23)20-15(14)11-5-6-12-13(7-11)26-8-25-12/h5-7,10,15H,4,8H2,1-3H3,(H2,19,20,23)/t10-,15-/m1/s1. The fourth-order valence-electron chi connectivity index (χ4n) is 2.84. The number of carbonyl (C=O) groups excluding carboxylic acids is 3. The number of benzene rings is 1. The van der Waals surface area contributed by atoms with Gasteiger partial charge in [0.2, 0.25) is 6.79 Å². The molecule has 2 amide bonds. The number of carbonyl (C=O) groups is 3. The van der Waals surface area contributed by atoms with Gasteiger partial charge in [-0.25, -0.2) is 14.4 Å². The Hall–Kier alpha value is -3.23. The highest BCUT2D eigenvalue weighted by atomic mass is 16.7. The topological polar surface area (TPSA) is 112 Å². The molecule has 9 heteroatoms. The summed E-state index contributed by atoms with van der Waals surface area (Å²) in [6.07, 6.45) is -1.08. The van der Waals surface area contributed by atoms with Gasteiger partial charge in [0.05, 0.1) is 18.2 Å². The van der Waals surface area contributed by atoms with Gasteiger partial charge in [-0.05, 0) is 38.5 Å². The number of rotatable bonds is 5. The van der Waals surface area contributed by atoms with E-state index in [2.05, 4.69) is 10.6 Å². The highest BCUT2D eigenvalue weighted by Gasteiger charge is 2.34. The lowest BCUT2D eigenvalue weighted by atomic mass is 9.95. The Morgan fingerprint density at radius 1 is 1.30 bits per heavy atom. The molecule has 0 radical (unpaired) electrons. The molecular formula is C18H20N2O7. The molecule has 0 aromatic heterocycles. The molecule has 0 saturated heterocycles. The lowest BCUT2D eigenvalue weighted by molar-refractivity contribution is -0.164. The van der Waals surface area contributed by atoms with E-state index in [9.17, 15) is 14.4 Å². The fourth-order valence-corrected chi connectivity index (χ4v) is 2.84. The van der Waals surface area contributed by atoms with Gasteiger partial charge in [0.15, 0.2) is 17.6 Å². The summed E-state index contributed by atoms with van der Waals surface area (Å²) in [5, 5.41) is 5.24. The predicted octanol–water partition coefficient (Wildman–Crippen LogP) is 1.54. The van der Waals surface area contributed by atoms with E-state index in [1.807, 2.05) is 0 Å². The summed E-state index contributed by atoms with van der Waals surface area (Å²) in [4.78, 5) is 36.4. The van der Waals surface area contributed by atoms with Gasteiger partial charge in [-0.3, -0.25) is 0 Å². The van der Waals surface area contributed by atoms with Crippen LogP contribution >= 0.6 is 0 Å². The van der Waals surface area contributed by atoms with Gasteiger partial charge in [0.1, 0.15) is 0 Å². The van der Waals surface area contributed by atoms with Crippen molar-refractivity contribution >= 4 is 18.0 Å². The van der Waals surface area contributed by atoms with Crippen molar-refractivity contribution in [1.29, 1.82) is 0 Å². The van der Waals surface area contributed by atoms with Crippen molar-refractivity contribution in [2.24, 2.45) is 0 Å². The van der Waals surface area contributed by atoms with Gasteiger partial charge in [-0.15, -0.1) is 0 Å². The summed E-state index contributed by atoms with van der Waals surface area (Å²) >= 11 is 0. The highest BCUT2D eigenvalue weighted by molar-refractivity contribution is 5.96. The second-order valence-electron chi connectivity index (χ2n) is 5.98. The molecule has 0 fully saturated rings. The van der Waals surface area contributed by atoms with Crippen LogP contribution in [0.3, 0.4) is 0 Å². The molecule has 0 saturated carbocycles. The molecule has 2 N–H and O–H groups in total. The van der Waals surface area contributed by atoms with E-state index in [1.54, 1.807) is 32.0 Å². The van der Waals surface area contributed by atoms with E-state index in [0.29, 0.717) is 22.8 Å². The Morgan fingerprint density at radius 2 is 2.04 bits per heavy atom. The van der Waals surface area contributed by atoms with Crippen molar-refractivity contribution in [3.8, 4) is 11.5 Å². The molecule has 0 aliphatic carbocycles. The first-order valence-electron chi connectivity index (χ1n) is 8.46. The highest BCUT2D eigenvalue weighted by Crippen LogP contribution is 2.37. The van der Waals surface area contributed by atoms with Crippen LogP contribution in [0.5, 0.6) is 11.5 Å². The summed E-state index contributed by atoms with van der Waals surface area (Å²) in [6.45, 7) is 4.97. The van der Waals surface area contributed by atoms with E-state index in [4.69, 9.17) is 18.9 Å². The van der Waals surface area contributed by atoms with Gasteiger partial charge in [-0.2, -0.15) is 0 Å². The van der Waals surface area contributed by atoms with Gasteiger partial charge in [0.25, 0.3) is 0 Å². The molecule has 0 unspecified atom stereocenters. The molecule has 0 spiro atoms. The van der Waals surface area contributed by atoms with Gasteiger partial charge in [-0.1, -0.05) is 6.07 Å². The SMILES string of the molecule is CCOC(=O)[C@@H](C)OC(=O)C1=C(C)NC(=O)N[C@@H]1c1ccc2c(c1)OCO2. The first-order chi connectivity index (χ1) is 12.9. The van der Waals surface area contributed by atoms with Crippen LogP contribution in [0.25, 0.3) is 0 Å². The zero-order chi connectivity index (χ0) is 19.6. The zero-order valence-electron chi connectivity index (χ0n) is 15.2. The molecule has 0 bridgehead atoms. The summed E-state index contributed by atoms with van der Waals surface area (Å²) in [6, 6.07) is 3.89. The van der Waals surface area contributed by atoms with Crippen molar-refractivity contribution in [2.45, 2.75) is 32.9 Å². The van der Waals surface area contributed by atoms with E-state index in [-0.39, 0.29) is 19.0 Å². The number of esters is 2. The maximum atomic E-state index is 12.7. The Kier molecular flexibility index (Phi) is 5.20. The first-order valence-corrected chi connectivity index (χ1v) is 8.46.